The average Bonchev–Trinajstić information content (AvgIpc) is 2.87. The van der Waals surface area contributed by atoms with Crippen LogP contribution in [-0.4, -0.2) is 34.9 Å². The van der Waals surface area contributed by atoms with Crippen LogP contribution in [0.5, 0.6) is 0 Å². The van der Waals surface area contributed by atoms with Crippen LogP contribution in [0.3, 0.4) is 0 Å². The van der Waals surface area contributed by atoms with E-state index in [0.717, 1.165) is 29.7 Å². The predicted octanol–water partition coefficient (Wildman–Crippen LogP) is 3.53. The maximum atomic E-state index is 12.9. The first kappa shape index (κ1) is 20.4. The van der Waals surface area contributed by atoms with Crippen LogP contribution in [0.25, 0.3) is 0 Å². The van der Waals surface area contributed by atoms with Crippen molar-refractivity contribution < 1.29 is 19.1 Å². The van der Waals surface area contributed by atoms with Crippen molar-refractivity contribution in [2.75, 3.05) is 6.54 Å². The maximum absolute atomic E-state index is 12.9. The number of hydrogen-bond donors (Lipinski definition) is 1. The first-order valence-corrected chi connectivity index (χ1v) is 10.0. The Bertz CT molecular complexity index is 766. The van der Waals surface area contributed by atoms with E-state index < -0.39 is 17.5 Å². The third kappa shape index (κ3) is 3.91. The summed E-state index contributed by atoms with van der Waals surface area (Å²) in [6.45, 7) is 8.17. The third-order valence-corrected chi connectivity index (χ3v) is 6.01. The molecule has 6 heteroatoms. The fraction of sp³-hybridized carbons (Fsp3) is 0.591. The van der Waals surface area contributed by atoms with E-state index in [0.29, 0.717) is 6.42 Å². The number of rotatable bonds is 4. The van der Waals surface area contributed by atoms with Crippen LogP contribution in [0.1, 0.15) is 64.5 Å². The Balaban J connectivity index is 1.57. The van der Waals surface area contributed by atoms with Gasteiger partial charge in [0.1, 0.15) is 18.7 Å². The van der Waals surface area contributed by atoms with Crippen molar-refractivity contribution in [3.05, 3.63) is 35.4 Å². The van der Waals surface area contributed by atoms with Crippen LogP contribution >= 0.6 is 0 Å². The lowest BCUT2D eigenvalue weighted by atomic mass is 9.73. The number of urea groups is 1. The Kier molecular flexibility index (Phi) is 5.50. The smallest absolute Gasteiger partial charge is 0.326 e. The topological polar surface area (TPSA) is 75.7 Å². The van der Waals surface area contributed by atoms with Crippen LogP contribution in [0.15, 0.2) is 24.3 Å². The molecule has 1 aliphatic heterocycles. The SMILES string of the molecule is C[C@@H]1CCCC[C@@]12NC(=O)N(CC(=O)OCc1ccc(C(C)(C)C)cc1)C2=O. The Morgan fingerprint density at radius 3 is 2.50 bits per heavy atom. The Morgan fingerprint density at radius 2 is 1.89 bits per heavy atom. The van der Waals surface area contributed by atoms with Crippen LogP contribution in [0, 0.1) is 5.92 Å². The third-order valence-electron chi connectivity index (χ3n) is 6.01. The van der Waals surface area contributed by atoms with Gasteiger partial charge in [0.05, 0.1) is 0 Å². The summed E-state index contributed by atoms with van der Waals surface area (Å²) in [6, 6.07) is 7.41. The summed E-state index contributed by atoms with van der Waals surface area (Å²) >= 11 is 0. The number of nitrogens with one attached hydrogen (secondary N) is 1. The molecule has 1 spiro atoms. The molecule has 3 rings (SSSR count). The van der Waals surface area contributed by atoms with Crippen LogP contribution in [0.2, 0.25) is 0 Å². The largest absolute Gasteiger partial charge is 0.459 e. The van der Waals surface area contributed by atoms with E-state index in [-0.39, 0.29) is 30.4 Å². The zero-order chi connectivity index (χ0) is 20.5. The quantitative estimate of drug-likeness (QED) is 0.634. The van der Waals surface area contributed by atoms with Crippen LogP contribution in [-0.2, 0) is 26.3 Å². The molecule has 1 saturated heterocycles. The highest BCUT2D eigenvalue weighted by Gasteiger charge is 2.55. The van der Waals surface area contributed by atoms with Crippen LogP contribution in [0.4, 0.5) is 4.79 Å². The second-order valence-electron chi connectivity index (χ2n) is 9.05. The average molecular weight is 386 g/mol. The summed E-state index contributed by atoms with van der Waals surface area (Å²) < 4.78 is 5.30. The van der Waals surface area contributed by atoms with E-state index in [1.54, 1.807) is 0 Å². The van der Waals surface area contributed by atoms with E-state index in [1.807, 2.05) is 31.2 Å². The van der Waals surface area contributed by atoms with Gasteiger partial charge in [-0.25, -0.2) is 4.79 Å². The van der Waals surface area contributed by atoms with Crippen LogP contribution < -0.4 is 5.32 Å². The molecule has 0 unspecified atom stereocenters. The minimum absolute atomic E-state index is 0.0604. The van der Waals surface area contributed by atoms with Crippen molar-refractivity contribution in [2.45, 2.75) is 70.9 Å². The zero-order valence-corrected chi connectivity index (χ0v) is 17.2. The molecule has 2 atom stereocenters. The molecule has 28 heavy (non-hydrogen) atoms. The van der Waals surface area contributed by atoms with Crippen molar-refractivity contribution in [1.82, 2.24) is 10.2 Å². The molecule has 1 N–H and O–H groups in total. The van der Waals surface area contributed by atoms with Gasteiger partial charge in [-0.05, 0) is 35.3 Å². The van der Waals surface area contributed by atoms with Gasteiger partial charge in [0.15, 0.2) is 0 Å². The number of amides is 3. The van der Waals surface area contributed by atoms with Gasteiger partial charge in [-0.1, -0.05) is 64.8 Å². The predicted molar refractivity (Wildman–Crippen MR) is 106 cm³/mol. The van der Waals surface area contributed by atoms with E-state index in [4.69, 9.17) is 4.74 Å². The molecule has 1 aromatic rings. The minimum atomic E-state index is -0.849. The second kappa shape index (κ2) is 7.57. The van der Waals surface area contributed by atoms with Gasteiger partial charge in [0, 0.05) is 0 Å². The summed E-state index contributed by atoms with van der Waals surface area (Å²) in [5, 5.41) is 2.85. The molecule has 3 amide bonds. The van der Waals surface area contributed by atoms with Gasteiger partial charge in [-0.3, -0.25) is 14.5 Å². The summed E-state index contributed by atoms with van der Waals surface area (Å²) in [5.41, 5.74) is 1.29. The van der Waals surface area contributed by atoms with E-state index >= 15 is 0 Å². The second-order valence-corrected chi connectivity index (χ2v) is 9.05. The first-order valence-electron chi connectivity index (χ1n) is 10.0. The molecule has 1 aromatic carbocycles. The standard InChI is InChI=1S/C22H30N2O4/c1-15-7-5-6-12-22(15)19(26)24(20(27)23-22)13-18(25)28-14-16-8-10-17(11-9-16)21(2,3)4/h8-11,15H,5-7,12-14H2,1-4H3,(H,23,27)/t15-,22-/m1/s1. The number of nitrogens with zero attached hydrogens (tertiary/aromatic N) is 1. The fourth-order valence-corrected chi connectivity index (χ4v) is 4.08. The zero-order valence-electron chi connectivity index (χ0n) is 17.2. The molecule has 0 radical (unpaired) electrons. The van der Waals surface area contributed by atoms with E-state index in [9.17, 15) is 14.4 Å². The summed E-state index contributed by atoms with van der Waals surface area (Å²) in [4.78, 5) is 38.5. The number of imide groups is 1. The van der Waals surface area contributed by atoms with E-state index in [2.05, 4.69) is 26.1 Å². The normalized spacial score (nSPS) is 25.1. The Labute approximate surface area is 166 Å². The number of benzene rings is 1. The molecule has 2 fully saturated rings. The van der Waals surface area contributed by atoms with Gasteiger partial charge >= 0.3 is 12.0 Å². The van der Waals surface area contributed by atoms with Crippen molar-refractivity contribution in [3.63, 3.8) is 0 Å². The molecule has 152 valence electrons. The highest BCUT2D eigenvalue weighted by molar-refractivity contribution is 6.08. The molecular formula is C22H30N2O4. The summed E-state index contributed by atoms with van der Waals surface area (Å²) in [6.07, 6.45) is 3.49. The highest BCUT2D eigenvalue weighted by Crippen LogP contribution is 2.38. The molecule has 1 aliphatic carbocycles. The fourth-order valence-electron chi connectivity index (χ4n) is 4.08. The van der Waals surface area contributed by atoms with Gasteiger partial charge in [0.2, 0.25) is 0 Å². The Morgan fingerprint density at radius 1 is 1.21 bits per heavy atom. The molecule has 0 aromatic heterocycles. The molecule has 1 saturated carbocycles. The molecular weight excluding hydrogens is 356 g/mol. The monoisotopic (exact) mass is 386 g/mol. The van der Waals surface area contributed by atoms with Crippen molar-refractivity contribution in [2.24, 2.45) is 5.92 Å². The number of esters is 1. The first-order chi connectivity index (χ1) is 13.1. The van der Waals surface area contributed by atoms with Gasteiger partial charge in [0.25, 0.3) is 5.91 Å². The van der Waals surface area contributed by atoms with Gasteiger partial charge in [-0.15, -0.1) is 0 Å². The van der Waals surface area contributed by atoms with Gasteiger partial charge in [-0.2, -0.15) is 0 Å². The lowest BCUT2D eigenvalue weighted by Crippen LogP contribution is -2.54. The lowest BCUT2D eigenvalue weighted by Gasteiger charge is -2.36. The van der Waals surface area contributed by atoms with Crippen molar-refractivity contribution in [3.8, 4) is 0 Å². The van der Waals surface area contributed by atoms with Gasteiger partial charge < -0.3 is 10.1 Å². The molecule has 0 bridgehead atoms. The molecule has 1 heterocycles. The van der Waals surface area contributed by atoms with E-state index in [1.165, 1.54) is 5.56 Å². The van der Waals surface area contributed by atoms with Crippen molar-refractivity contribution >= 4 is 17.9 Å². The summed E-state index contributed by atoms with van der Waals surface area (Å²) in [5.74, 6) is -0.805. The molecule has 2 aliphatic rings. The number of hydrogen-bond acceptors (Lipinski definition) is 4. The maximum Gasteiger partial charge on any atom is 0.326 e. The number of carbonyl (C=O) groups is 3. The summed E-state index contributed by atoms with van der Waals surface area (Å²) in [7, 11) is 0. The molecule has 6 nitrogen and oxygen atoms in total. The highest BCUT2D eigenvalue weighted by atomic mass is 16.5. The number of ether oxygens (including phenoxy) is 1. The number of carbonyl (C=O) groups excluding carboxylic acids is 3. The minimum Gasteiger partial charge on any atom is -0.459 e. The Hall–Kier alpha value is -2.37. The lowest BCUT2D eigenvalue weighted by molar-refractivity contribution is -0.149. The van der Waals surface area contributed by atoms with Crippen molar-refractivity contribution in [1.29, 1.82) is 0 Å².